The third kappa shape index (κ3) is 4.63. The average Bonchev–Trinajstić information content (AvgIpc) is 3.08. The van der Waals surface area contributed by atoms with E-state index in [1.54, 1.807) is 0 Å². The van der Waals surface area contributed by atoms with Crippen molar-refractivity contribution in [3.05, 3.63) is 46.8 Å². The van der Waals surface area contributed by atoms with Crippen LogP contribution in [0.3, 0.4) is 0 Å². The minimum Gasteiger partial charge on any atom is -0.480 e. The summed E-state index contributed by atoms with van der Waals surface area (Å²) in [7, 11) is -3.47. The van der Waals surface area contributed by atoms with E-state index in [2.05, 4.69) is 5.10 Å². The topological polar surface area (TPSA) is 92.5 Å². The molecule has 32 heavy (non-hydrogen) atoms. The molecule has 3 rings (SSSR count). The van der Waals surface area contributed by atoms with E-state index >= 15 is 0 Å². The molecule has 176 valence electrons. The highest BCUT2D eigenvalue weighted by atomic mass is 32.2. The van der Waals surface area contributed by atoms with E-state index in [-0.39, 0.29) is 6.07 Å². The quantitative estimate of drug-likeness (QED) is 0.634. The Kier molecular flexibility index (Phi) is 6.11. The lowest BCUT2D eigenvalue weighted by Gasteiger charge is -2.31. The van der Waals surface area contributed by atoms with Crippen molar-refractivity contribution in [2.45, 2.75) is 55.8 Å². The summed E-state index contributed by atoms with van der Waals surface area (Å²) in [6, 6.07) is 0.261. The molecule has 1 aromatic carbocycles. The lowest BCUT2D eigenvalue weighted by atomic mass is 9.93. The zero-order chi connectivity index (χ0) is 24.1. The number of hydrogen-bond acceptors (Lipinski definition) is 4. The molecule has 13 heteroatoms. The molecular formula is C19H20F5N3O4S. The Hall–Kier alpha value is -2.54. The summed E-state index contributed by atoms with van der Waals surface area (Å²) in [6.07, 6.45) is -2.48. The Morgan fingerprint density at radius 3 is 2.41 bits per heavy atom. The molecule has 1 aliphatic carbocycles. The number of fused-ring (bicyclic) bond motifs is 1. The van der Waals surface area contributed by atoms with Gasteiger partial charge in [0.25, 0.3) is 5.92 Å². The van der Waals surface area contributed by atoms with Crippen LogP contribution in [0.4, 0.5) is 22.0 Å². The Balaban J connectivity index is 2.06. The second kappa shape index (κ2) is 8.10. The van der Waals surface area contributed by atoms with Gasteiger partial charge in [-0.05, 0) is 37.5 Å². The number of aromatic nitrogens is 2. The number of sulfonamides is 1. The molecule has 0 radical (unpaired) electrons. The van der Waals surface area contributed by atoms with Crippen LogP contribution in [0.5, 0.6) is 0 Å². The third-order valence-electron chi connectivity index (χ3n) is 5.37. The number of benzene rings is 1. The van der Waals surface area contributed by atoms with Gasteiger partial charge in [0.1, 0.15) is 6.54 Å². The largest absolute Gasteiger partial charge is 0.480 e. The monoisotopic (exact) mass is 481 g/mol. The van der Waals surface area contributed by atoms with Gasteiger partial charge < -0.3 is 5.11 Å². The van der Waals surface area contributed by atoms with Crippen molar-refractivity contribution in [2.75, 3.05) is 7.05 Å². The minimum absolute atomic E-state index is 0.230. The summed E-state index contributed by atoms with van der Waals surface area (Å²) in [5.41, 5.74) is -1.63. The van der Waals surface area contributed by atoms with E-state index in [1.807, 2.05) is 0 Å². The molecule has 0 bridgehead atoms. The van der Waals surface area contributed by atoms with Crippen LogP contribution in [0.2, 0.25) is 0 Å². The molecule has 0 amide bonds. The number of carboxylic acid groups (broad SMARTS) is 1. The van der Waals surface area contributed by atoms with Gasteiger partial charge in [0.05, 0.1) is 22.7 Å². The number of carboxylic acids is 1. The van der Waals surface area contributed by atoms with Crippen LogP contribution in [0.1, 0.15) is 48.2 Å². The summed E-state index contributed by atoms with van der Waals surface area (Å²) in [5.74, 6) is -4.84. The molecule has 2 aromatic rings. The van der Waals surface area contributed by atoms with E-state index < -0.39 is 56.7 Å². The Bertz CT molecular complexity index is 1110. The van der Waals surface area contributed by atoms with Crippen LogP contribution in [0, 0.1) is 0 Å². The SMILES string of the molecule is CN([C@@H]1CCCc2c1cnn2CC(=O)O)S(=O)(=O)c1cc(C(C)(F)F)cc(C(F)(F)F)c1. The fraction of sp³-hybridized carbons (Fsp3) is 0.474. The van der Waals surface area contributed by atoms with Crippen LogP contribution >= 0.6 is 0 Å². The molecule has 1 atom stereocenters. The van der Waals surface area contributed by atoms with Crippen molar-refractivity contribution >= 4 is 16.0 Å². The number of aliphatic carboxylic acids is 1. The zero-order valence-electron chi connectivity index (χ0n) is 17.0. The molecule has 0 saturated heterocycles. The van der Waals surface area contributed by atoms with Crippen molar-refractivity contribution < 1.29 is 40.3 Å². The summed E-state index contributed by atoms with van der Waals surface area (Å²) in [4.78, 5) is 10.1. The van der Waals surface area contributed by atoms with Crippen LogP contribution in [0.15, 0.2) is 29.3 Å². The van der Waals surface area contributed by atoms with E-state index in [1.165, 1.54) is 10.9 Å². The van der Waals surface area contributed by atoms with E-state index in [9.17, 15) is 35.2 Å². The van der Waals surface area contributed by atoms with Crippen molar-refractivity contribution in [3.8, 4) is 0 Å². The number of alkyl halides is 5. The molecule has 0 unspecified atom stereocenters. The Morgan fingerprint density at radius 1 is 1.22 bits per heavy atom. The van der Waals surface area contributed by atoms with Gasteiger partial charge in [0, 0.05) is 30.8 Å². The molecule has 1 N–H and O–H groups in total. The Morgan fingerprint density at radius 2 is 1.84 bits per heavy atom. The number of rotatable bonds is 6. The molecule has 7 nitrogen and oxygen atoms in total. The highest BCUT2D eigenvalue weighted by Crippen LogP contribution is 2.40. The normalized spacial score (nSPS) is 17.4. The van der Waals surface area contributed by atoms with Gasteiger partial charge in [0.2, 0.25) is 10.0 Å². The highest BCUT2D eigenvalue weighted by Gasteiger charge is 2.39. The fourth-order valence-corrected chi connectivity index (χ4v) is 5.17. The smallest absolute Gasteiger partial charge is 0.416 e. The molecule has 1 aliphatic rings. The maximum atomic E-state index is 13.8. The molecule has 1 aromatic heterocycles. The molecular weight excluding hydrogens is 461 g/mol. The third-order valence-corrected chi connectivity index (χ3v) is 7.22. The molecule has 0 aliphatic heterocycles. The van der Waals surface area contributed by atoms with Gasteiger partial charge >= 0.3 is 12.1 Å². The first-order valence-corrected chi connectivity index (χ1v) is 10.9. The maximum Gasteiger partial charge on any atom is 0.416 e. The molecule has 1 heterocycles. The Labute approximate surface area is 180 Å². The zero-order valence-corrected chi connectivity index (χ0v) is 17.8. The summed E-state index contributed by atoms with van der Waals surface area (Å²) in [6.45, 7) is -0.0477. The summed E-state index contributed by atoms with van der Waals surface area (Å²) < 4.78 is 95.9. The summed E-state index contributed by atoms with van der Waals surface area (Å²) in [5, 5.41) is 13.0. The van der Waals surface area contributed by atoms with Crippen LogP contribution in [0.25, 0.3) is 0 Å². The molecule has 0 saturated carbocycles. The maximum absolute atomic E-state index is 13.8. The van der Waals surface area contributed by atoms with E-state index in [4.69, 9.17) is 5.11 Å². The predicted molar refractivity (Wildman–Crippen MR) is 102 cm³/mol. The van der Waals surface area contributed by atoms with Gasteiger partial charge in [-0.3, -0.25) is 9.48 Å². The highest BCUT2D eigenvalue weighted by molar-refractivity contribution is 7.89. The van der Waals surface area contributed by atoms with Crippen LogP contribution in [-0.4, -0.2) is 40.6 Å². The first-order valence-electron chi connectivity index (χ1n) is 9.47. The average molecular weight is 481 g/mol. The van der Waals surface area contributed by atoms with Crippen molar-refractivity contribution in [2.24, 2.45) is 0 Å². The number of nitrogens with zero attached hydrogens (tertiary/aromatic N) is 3. The number of halogens is 5. The molecule has 0 spiro atoms. The lowest BCUT2D eigenvalue weighted by Crippen LogP contribution is -2.34. The number of hydrogen-bond donors (Lipinski definition) is 1. The number of carbonyl (C=O) groups is 1. The van der Waals surface area contributed by atoms with E-state index in [0.29, 0.717) is 49.6 Å². The first kappa shape index (κ1) is 24.1. The van der Waals surface area contributed by atoms with Crippen molar-refractivity contribution in [1.82, 2.24) is 14.1 Å². The van der Waals surface area contributed by atoms with Gasteiger partial charge in [0.15, 0.2) is 0 Å². The second-order valence-corrected chi connectivity index (χ2v) is 9.66. The lowest BCUT2D eigenvalue weighted by molar-refractivity contribution is -0.138. The fourth-order valence-electron chi connectivity index (χ4n) is 3.74. The van der Waals surface area contributed by atoms with Gasteiger partial charge in [-0.2, -0.15) is 22.6 Å². The minimum atomic E-state index is -5.03. The van der Waals surface area contributed by atoms with Crippen molar-refractivity contribution in [3.63, 3.8) is 0 Å². The van der Waals surface area contributed by atoms with E-state index in [0.717, 1.165) is 11.4 Å². The van der Waals surface area contributed by atoms with Gasteiger partial charge in [-0.1, -0.05) is 0 Å². The van der Waals surface area contributed by atoms with Crippen molar-refractivity contribution in [1.29, 1.82) is 0 Å². The predicted octanol–water partition coefficient (Wildman–Crippen LogP) is 3.80. The standard InChI is InChI=1S/C19H20F5N3O4S/c1-18(20,21)11-6-12(19(22,23)24)8-13(7-11)32(30,31)26(2)15-4-3-5-16-14(15)9-25-27(16)10-17(28)29/h6-9,15H,3-5,10H2,1-2H3,(H,28,29)/t15-/m1/s1. The first-order chi connectivity index (χ1) is 14.6. The summed E-state index contributed by atoms with van der Waals surface area (Å²) >= 11 is 0. The van der Waals surface area contributed by atoms with Gasteiger partial charge in [-0.25, -0.2) is 17.2 Å². The van der Waals surface area contributed by atoms with Crippen LogP contribution < -0.4 is 0 Å². The van der Waals surface area contributed by atoms with Crippen LogP contribution in [-0.2, 0) is 39.9 Å². The molecule has 0 fully saturated rings. The van der Waals surface area contributed by atoms with Gasteiger partial charge in [-0.15, -0.1) is 0 Å². The second-order valence-electron chi connectivity index (χ2n) is 7.66.